The fourth-order valence-corrected chi connectivity index (χ4v) is 2.59. The van der Waals surface area contributed by atoms with Crippen LogP contribution >= 0.6 is 0 Å². The van der Waals surface area contributed by atoms with Gasteiger partial charge in [0, 0.05) is 6.54 Å². The number of nitrogen functional groups attached to an aromatic ring is 1. The number of hydrogen-bond acceptors (Lipinski definition) is 4. The third-order valence-electron chi connectivity index (χ3n) is 3.59. The van der Waals surface area contributed by atoms with E-state index in [2.05, 4.69) is 10.2 Å². The van der Waals surface area contributed by atoms with Gasteiger partial charge in [-0.2, -0.15) is 0 Å². The number of nitrogens with zero attached hydrogens (tertiary/aromatic N) is 1. The third-order valence-corrected chi connectivity index (χ3v) is 3.59. The van der Waals surface area contributed by atoms with Crippen molar-refractivity contribution in [1.29, 1.82) is 0 Å². The molecule has 0 radical (unpaired) electrons. The highest BCUT2D eigenvalue weighted by molar-refractivity contribution is 5.72. The van der Waals surface area contributed by atoms with Gasteiger partial charge in [-0.25, -0.2) is 0 Å². The second-order valence-corrected chi connectivity index (χ2v) is 5.71. The van der Waals surface area contributed by atoms with Crippen LogP contribution in [0.3, 0.4) is 0 Å². The molecule has 1 heterocycles. The largest absolute Gasteiger partial charge is 0.489 e. The average Bonchev–Trinajstić information content (AvgIpc) is 2.91. The number of likely N-dealkylation sites (tertiary alicyclic amines) is 1. The number of para-hydroxylation sites is 1. The van der Waals surface area contributed by atoms with E-state index in [4.69, 9.17) is 10.5 Å². The molecule has 1 aliphatic heterocycles. The van der Waals surface area contributed by atoms with Crippen LogP contribution in [0, 0.1) is 0 Å². The van der Waals surface area contributed by atoms with Crippen molar-refractivity contribution in [3.63, 3.8) is 0 Å². The van der Waals surface area contributed by atoms with E-state index in [1.54, 1.807) is 0 Å². The molecule has 0 spiro atoms. The molecular weight excluding hydrogens is 250 g/mol. The number of ether oxygens (including phenoxy) is 1. The molecule has 0 bridgehead atoms. The quantitative estimate of drug-likeness (QED) is 0.594. The summed E-state index contributed by atoms with van der Waals surface area (Å²) >= 11 is 0. The van der Waals surface area contributed by atoms with Crippen molar-refractivity contribution in [3.8, 4) is 5.75 Å². The first kappa shape index (κ1) is 15.0. The van der Waals surface area contributed by atoms with Crippen LogP contribution in [0.15, 0.2) is 18.2 Å². The van der Waals surface area contributed by atoms with Crippen LogP contribution in [0.5, 0.6) is 5.75 Å². The summed E-state index contributed by atoms with van der Waals surface area (Å²) in [6.07, 6.45) is 4.00. The van der Waals surface area contributed by atoms with Gasteiger partial charge in [-0.3, -0.25) is 0 Å². The molecule has 0 amide bonds. The monoisotopic (exact) mass is 277 g/mol. The van der Waals surface area contributed by atoms with E-state index in [9.17, 15) is 0 Å². The normalized spacial score (nSPS) is 15.8. The number of benzene rings is 1. The smallest absolute Gasteiger partial charge is 0.144 e. The summed E-state index contributed by atoms with van der Waals surface area (Å²) in [6.45, 7) is 8.67. The second-order valence-electron chi connectivity index (χ2n) is 5.71. The van der Waals surface area contributed by atoms with Crippen LogP contribution in [0.1, 0.15) is 33.1 Å². The molecule has 1 aromatic carbocycles. The molecule has 0 aromatic heterocycles. The lowest BCUT2D eigenvalue weighted by Crippen LogP contribution is -2.22. The lowest BCUT2D eigenvalue weighted by Gasteiger charge is -2.17. The van der Waals surface area contributed by atoms with E-state index in [0.717, 1.165) is 24.4 Å². The summed E-state index contributed by atoms with van der Waals surface area (Å²) < 4.78 is 5.70. The Morgan fingerprint density at radius 2 is 2.05 bits per heavy atom. The van der Waals surface area contributed by atoms with Gasteiger partial charge in [-0.05, 0) is 64.9 Å². The molecule has 2 rings (SSSR count). The molecule has 1 fully saturated rings. The SMILES string of the molecule is CC(C)Oc1cccc(NCCCN2CCCC2)c1N. The summed E-state index contributed by atoms with van der Waals surface area (Å²) in [4.78, 5) is 2.53. The zero-order valence-corrected chi connectivity index (χ0v) is 12.7. The highest BCUT2D eigenvalue weighted by Crippen LogP contribution is 2.30. The summed E-state index contributed by atoms with van der Waals surface area (Å²) in [7, 11) is 0. The Hall–Kier alpha value is -1.42. The van der Waals surface area contributed by atoms with Gasteiger partial charge < -0.3 is 20.7 Å². The van der Waals surface area contributed by atoms with Crippen LogP contribution in [0.25, 0.3) is 0 Å². The fourth-order valence-electron chi connectivity index (χ4n) is 2.59. The number of hydrogen-bond donors (Lipinski definition) is 2. The highest BCUT2D eigenvalue weighted by atomic mass is 16.5. The summed E-state index contributed by atoms with van der Waals surface area (Å²) in [5.41, 5.74) is 7.83. The van der Waals surface area contributed by atoms with E-state index in [-0.39, 0.29) is 6.10 Å². The minimum Gasteiger partial charge on any atom is -0.489 e. The molecule has 0 unspecified atom stereocenters. The standard InChI is InChI=1S/C16H27N3O/c1-13(2)20-15-8-5-7-14(16(15)17)18-9-6-12-19-10-3-4-11-19/h5,7-8,13,18H,3-4,6,9-12,17H2,1-2H3. The molecule has 0 atom stereocenters. The first-order valence-electron chi connectivity index (χ1n) is 7.68. The van der Waals surface area contributed by atoms with Gasteiger partial charge in [0.25, 0.3) is 0 Å². The molecular formula is C16H27N3O. The Morgan fingerprint density at radius 1 is 1.30 bits per heavy atom. The van der Waals surface area contributed by atoms with Gasteiger partial charge in [0.1, 0.15) is 5.75 Å². The van der Waals surface area contributed by atoms with Crippen LogP contribution in [0.4, 0.5) is 11.4 Å². The molecule has 0 aliphatic carbocycles. The maximum absolute atomic E-state index is 6.14. The van der Waals surface area contributed by atoms with Crippen molar-refractivity contribution in [3.05, 3.63) is 18.2 Å². The van der Waals surface area contributed by atoms with E-state index in [1.165, 1.54) is 32.5 Å². The number of nitrogens with one attached hydrogen (secondary N) is 1. The minimum atomic E-state index is 0.141. The van der Waals surface area contributed by atoms with Gasteiger partial charge in [0.15, 0.2) is 0 Å². The molecule has 0 saturated carbocycles. The molecule has 1 aromatic rings. The van der Waals surface area contributed by atoms with E-state index in [0.29, 0.717) is 5.69 Å². The van der Waals surface area contributed by atoms with E-state index >= 15 is 0 Å². The molecule has 4 nitrogen and oxygen atoms in total. The summed E-state index contributed by atoms with van der Waals surface area (Å²) in [6, 6.07) is 5.92. The average molecular weight is 277 g/mol. The van der Waals surface area contributed by atoms with Crippen molar-refractivity contribution in [2.45, 2.75) is 39.2 Å². The number of rotatable bonds is 7. The molecule has 1 aliphatic rings. The Balaban J connectivity index is 1.79. The zero-order valence-electron chi connectivity index (χ0n) is 12.7. The fraction of sp³-hybridized carbons (Fsp3) is 0.625. The Labute approximate surface area is 122 Å². The maximum atomic E-state index is 6.14. The van der Waals surface area contributed by atoms with Crippen molar-refractivity contribution in [2.75, 3.05) is 37.2 Å². The molecule has 3 N–H and O–H groups in total. The van der Waals surface area contributed by atoms with Crippen molar-refractivity contribution < 1.29 is 4.74 Å². The van der Waals surface area contributed by atoms with Crippen molar-refractivity contribution >= 4 is 11.4 Å². The van der Waals surface area contributed by atoms with Gasteiger partial charge >= 0.3 is 0 Å². The Bertz CT molecular complexity index is 414. The van der Waals surface area contributed by atoms with Gasteiger partial charge in [-0.15, -0.1) is 0 Å². The topological polar surface area (TPSA) is 50.5 Å². The second kappa shape index (κ2) is 7.39. The number of anilines is 2. The summed E-state index contributed by atoms with van der Waals surface area (Å²) in [5.74, 6) is 0.768. The lowest BCUT2D eigenvalue weighted by molar-refractivity contribution is 0.244. The Morgan fingerprint density at radius 3 is 2.75 bits per heavy atom. The summed E-state index contributed by atoms with van der Waals surface area (Å²) in [5, 5.41) is 3.42. The molecule has 112 valence electrons. The first-order chi connectivity index (χ1) is 9.66. The van der Waals surface area contributed by atoms with Crippen LogP contribution in [-0.2, 0) is 0 Å². The van der Waals surface area contributed by atoms with E-state index < -0.39 is 0 Å². The minimum absolute atomic E-state index is 0.141. The first-order valence-corrected chi connectivity index (χ1v) is 7.68. The van der Waals surface area contributed by atoms with Crippen molar-refractivity contribution in [1.82, 2.24) is 4.90 Å². The number of nitrogens with two attached hydrogens (primary N) is 1. The Kier molecular flexibility index (Phi) is 5.53. The van der Waals surface area contributed by atoms with Crippen LogP contribution in [-0.4, -0.2) is 37.2 Å². The van der Waals surface area contributed by atoms with Crippen LogP contribution in [0.2, 0.25) is 0 Å². The van der Waals surface area contributed by atoms with Gasteiger partial charge in [0.2, 0.25) is 0 Å². The predicted molar refractivity (Wildman–Crippen MR) is 85.4 cm³/mol. The predicted octanol–water partition coefficient (Wildman–Crippen LogP) is 2.95. The third kappa shape index (κ3) is 4.30. The highest BCUT2D eigenvalue weighted by Gasteiger charge is 2.11. The zero-order chi connectivity index (χ0) is 14.4. The molecule has 1 saturated heterocycles. The molecule has 20 heavy (non-hydrogen) atoms. The van der Waals surface area contributed by atoms with Crippen LogP contribution < -0.4 is 15.8 Å². The maximum Gasteiger partial charge on any atom is 0.144 e. The molecule has 4 heteroatoms. The van der Waals surface area contributed by atoms with Crippen molar-refractivity contribution in [2.24, 2.45) is 0 Å². The van der Waals surface area contributed by atoms with Gasteiger partial charge in [-0.1, -0.05) is 6.07 Å². The lowest BCUT2D eigenvalue weighted by atomic mass is 10.2. The van der Waals surface area contributed by atoms with E-state index in [1.807, 2.05) is 32.0 Å². The van der Waals surface area contributed by atoms with Gasteiger partial charge in [0.05, 0.1) is 17.5 Å².